The first-order valence-corrected chi connectivity index (χ1v) is 15.9. The fraction of sp³-hybridized carbons (Fsp3) is 0.321. The van der Waals surface area contributed by atoms with E-state index in [1.165, 1.54) is 17.5 Å². The van der Waals surface area contributed by atoms with E-state index in [9.17, 15) is 23.1 Å². The third-order valence-corrected chi connectivity index (χ3v) is 8.91. The van der Waals surface area contributed by atoms with Gasteiger partial charge >= 0.3 is 5.97 Å². The average Bonchev–Trinajstić information content (AvgIpc) is 3.63. The molecule has 0 radical (unpaired) electrons. The monoisotopic (exact) mass is 630 g/mol. The molecule has 230 valence electrons. The third kappa shape index (κ3) is 8.22. The summed E-state index contributed by atoms with van der Waals surface area (Å²) in [6.07, 6.45) is 0.932. The van der Waals surface area contributed by atoms with Crippen LogP contribution in [0.2, 0.25) is 0 Å². The fourth-order valence-electron chi connectivity index (χ4n) is 4.59. The maximum absolute atomic E-state index is 13.7. The van der Waals surface area contributed by atoms with Gasteiger partial charge in [0.05, 0.1) is 18.9 Å². The molecule has 2 aromatic carbocycles. The Morgan fingerprint density at radius 3 is 2.70 bits per heavy atom. The summed E-state index contributed by atoms with van der Waals surface area (Å²) in [6, 6.07) is 11.3. The Bertz CT molecular complexity index is 1590. The molecular formula is C28H34N6O7S2. The number of aliphatic hydroxyl groups is 1. The number of aliphatic carboxylic acids is 1. The first kappa shape index (κ1) is 31.7. The zero-order valence-corrected chi connectivity index (χ0v) is 24.8. The van der Waals surface area contributed by atoms with Gasteiger partial charge in [0.2, 0.25) is 0 Å². The van der Waals surface area contributed by atoms with Crippen molar-refractivity contribution in [3.8, 4) is 16.9 Å². The number of guanidine groups is 1. The van der Waals surface area contributed by atoms with E-state index in [0.29, 0.717) is 38.1 Å². The van der Waals surface area contributed by atoms with Crippen molar-refractivity contribution < 1.29 is 33.0 Å². The van der Waals surface area contributed by atoms with Crippen molar-refractivity contribution in [2.75, 3.05) is 31.0 Å². The first-order chi connectivity index (χ1) is 20.6. The van der Waals surface area contributed by atoms with Crippen molar-refractivity contribution in [3.05, 3.63) is 63.8 Å². The van der Waals surface area contributed by atoms with E-state index in [-0.39, 0.29) is 46.7 Å². The average molecular weight is 631 g/mol. The molecule has 1 atom stereocenters. The number of ether oxygens (including phenoxy) is 1. The number of carboxylic acids is 1. The van der Waals surface area contributed by atoms with Gasteiger partial charge in [0.15, 0.2) is 5.96 Å². The molecule has 0 unspecified atom stereocenters. The van der Waals surface area contributed by atoms with E-state index >= 15 is 0 Å². The lowest BCUT2D eigenvalue weighted by Gasteiger charge is -2.16. The van der Waals surface area contributed by atoms with E-state index in [0.717, 1.165) is 28.0 Å². The summed E-state index contributed by atoms with van der Waals surface area (Å²) in [5.74, 6) is -1.97. The number of rotatable bonds is 15. The van der Waals surface area contributed by atoms with E-state index in [1.807, 2.05) is 30.3 Å². The number of nitrogens with one attached hydrogen (secondary N) is 5. The number of aliphatic hydroxyl groups excluding tert-OH is 1. The highest BCUT2D eigenvalue weighted by molar-refractivity contribution is 7.92. The second kappa shape index (κ2) is 14.3. The molecule has 1 aromatic heterocycles. The lowest BCUT2D eigenvalue weighted by Crippen LogP contribution is -2.41. The Morgan fingerprint density at radius 1 is 1.14 bits per heavy atom. The highest BCUT2D eigenvalue weighted by Crippen LogP contribution is 2.39. The number of nitrogens with two attached hydrogens (primary N) is 1. The lowest BCUT2D eigenvalue weighted by atomic mass is 10.00. The van der Waals surface area contributed by atoms with Crippen molar-refractivity contribution in [1.29, 1.82) is 5.41 Å². The van der Waals surface area contributed by atoms with Crippen LogP contribution in [0.25, 0.3) is 11.1 Å². The minimum absolute atomic E-state index is 0.00786. The van der Waals surface area contributed by atoms with Crippen LogP contribution >= 0.6 is 11.3 Å². The molecule has 3 aromatic rings. The summed E-state index contributed by atoms with van der Waals surface area (Å²) in [4.78, 5) is 24.7. The molecule has 0 spiro atoms. The van der Waals surface area contributed by atoms with Crippen molar-refractivity contribution in [2.45, 2.75) is 36.7 Å². The van der Waals surface area contributed by atoms with Crippen molar-refractivity contribution >= 4 is 44.9 Å². The van der Waals surface area contributed by atoms with Crippen molar-refractivity contribution in [2.24, 2.45) is 5.73 Å². The topological polar surface area (TPSA) is 216 Å². The minimum atomic E-state index is -4.24. The van der Waals surface area contributed by atoms with Gasteiger partial charge in [-0.15, -0.1) is 11.3 Å². The van der Waals surface area contributed by atoms with Gasteiger partial charge in [-0.1, -0.05) is 18.2 Å². The summed E-state index contributed by atoms with van der Waals surface area (Å²) in [5.41, 5.74) is 8.44. The van der Waals surface area contributed by atoms with Crippen LogP contribution in [0.5, 0.6) is 5.75 Å². The third-order valence-electron chi connectivity index (χ3n) is 6.62. The molecular weight excluding hydrogens is 596 g/mol. The highest BCUT2D eigenvalue weighted by atomic mass is 32.2. The van der Waals surface area contributed by atoms with Crippen LogP contribution in [0, 0.1) is 5.41 Å². The number of fused-ring (bicyclic) bond motifs is 1. The molecule has 0 saturated heterocycles. The zero-order valence-electron chi connectivity index (χ0n) is 23.2. The summed E-state index contributed by atoms with van der Waals surface area (Å²) >= 11 is 0.973. The first-order valence-electron chi connectivity index (χ1n) is 13.5. The van der Waals surface area contributed by atoms with Crippen LogP contribution in [0.15, 0.2) is 52.7 Å². The summed E-state index contributed by atoms with van der Waals surface area (Å²) in [5, 5.41) is 35.5. The Kier molecular flexibility index (Phi) is 10.6. The standard InChI is InChI=1S/C28H34N6O7S2/c29-28(30)32-8-2-5-22(27(37)38)33-26(36)25-21(7-12-42-25)34-43(39,40)23-15-20(14-19-6-11-41-24(19)23)18-4-1-3-17(13-18)16-31-9-10-35/h1,3-4,7,12-15,22,31,34-35H,2,5-6,8-11,16H2,(H,33,36)(H,37,38)(H4,29,30,32)/t22-/m0/s1. The van der Waals surface area contributed by atoms with E-state index in [2.05, 4.69) is 20.7 Å². The number of carbonyl (C=O) groups excluding carboxylic acids is 1. The maximum atomic E-state index is 13.7. The summed E-state index contributed by atoms with van der Waals surface area (Å²) in [7, 11) is -4.24. The minimum Gasteiger partial charge on any atom is -0.492 e. The second-order valence-electron chi connectivity index (χ2n) is 9.78. The predicted octanol–water partition coefficient (Wildman–Crippen LogP) is 1.68. The van der Waals surface area contributed by atoms with E-state index < -0.39 is 27.9 Å². The molecule has 1 aliphatic rings. The van der Waals surface area contributed by atoms with Gasteiger partial charge in [-0.25, -0.2) is 13.2 Å². The molecule has 13 nitrogen and oxygen atoms in total. The number of sulfonamides is 1. The summed E-state index contributed by atoms with van der Waals surface area (Å²) in [6.45, 7) is 1.60. The molecule has 0 bridgehead atoms. The molecule has 0 aliphatic carbocycles. The number of anilines is 1. The number of hydrogen-bond acceptors (Lipinski definition) is 9. The fourth-order valence-corrected chi connectivity index (χ4v) is 6.69. The molecule has 9 N–H and O–H groups in total. The van der Waals surface area contributed by atoms with Gasteiger partial charge in [-0.05, 0) is 64.7 Å². The van der Waals surface area contributed by atoms with E-state index in [1.54, 1.807) is 0 Å². The molecule has 1 aliphatic heterocycles. The number of carboxylic acid groups (broad SMARTS) is 1. The molecule has 15 heteroatoms. The molecule has 0 saturated carbocycles. The van der Waals surface area contributed by atoms with Gasteiger partial charge in [-0.2, -0.15) is 0 Å². The normalized spacial score (nSPS) is 13.0. The van der Waals surface area contributed by atoms with Gasteiger partial charge < -0.3 is 36.6 Å². The van der Waals surface area contributed by atoms with Gasteiger partial charge in [0.25, 0.3) is 15.9 Å². The van der Waals surface area contributed by atoms with Crippen LogP contribution < -0.4 is 31.1 Å². The number of amides is 1. The Balaban J connectivity index is 1.56. The molecule has 0 fully saturated rings. The maximum Gasteiger partial charge on any atom is 0.326 e. The number of carbonyl (C=O) groups is 2. The van der Waals surface area contributed by atoms with E-state index in [4.69, 9.17) is 21.0 Å². The van der Waals surface area contributed by atoms with Gasteiger partial charge in [0.1, 0.15) is 21.6 Å². The highest BCUT2D eigenvalue weighted by Gasteiger charge is 2.29. The van der Waals surface area contributed by atoms with Crippen molar-refractivity contribution in [3.63, 3.8) is 0 Å². The SMILES string of the molecule is N=C(N)NCCC[C@H](NC(=O)c1sccc1NS(=O)(=O)c1cc(-c2cccc(CNCCO)c2)cc2c1OCC2)C(=O)O. The van der Waals surface area contributed by atoms with Crippen LogP contribution in [0.4, 0.5) is 5.69 Å². The smallest absolute Gasteiger partial charge is 0.326 e. The molecule has 2 heterocycles. The van der Waals surface area contributed by atoms with Gasteiger partial charge in [-0.3, -0.25) is 14.9 Å². The number of benzene rings is 2. The Hall–Kier alpha value is -4.18. The largest absolute Gasteiger partial charge is 0.492 e. The zero-order chi connectivity index (χ0) is 31.0. The molecule has 4 rings (SSSR count). The van der Waals surface area contributed by atoms with Crippen molar-refractivity contribution in [1.82, 2.24) is 16.0 Å². The van der Waals surface area contributed by atoms with Crippen LogP contribution in [-0.2, 0) is 27.8 Å². The number of hydrogen-bond donors (Lipinski definition) is 8. The van der Waals surface area contributed by atoms with Crippen LogP contribution in [0.1, 0.15) is 33.6 Å². The quantitative estimate of drug-likeness (QED) is 0.0690. The van der Waals surface area contributed by atoms with Crippen LogP contribution in [0.3, 0.4) is 0 Å². The Morgan fingerprint density at radius 2 is 1.95 bits per heavy atom. The predicted molar refractivity (Wildman–Crippen MR) is 163 cm³/mol. The summed E-state index contributed by atoms with van der Waals surface area (Å²) < 4.78 is 35.7. The molecule has 1 amide bonds. The van der Waals surface area contributed by atoms with Gasteiger partial charge in [0, 0.05) is 26.1 Å². The van der Waals surface area contributed by atoms with Crippen LogP contribution in [-0.4, -0.2) is 68.8 Å². The second-order valence-corrected chi connectivity index (χ2v) is 12.3. The Labute approximate surface area is 253 Å². The lowest BCUT2D eigenvalue weighted by molar-refractivity contribution is -0.139. The number of thiophene rings is 1. The molecule has 43 heavy (non-hydrogen) atoms.